The fourth-order valence-corrected chi connectivity index (χ4v) is 4.30. The van der Waals surface area contributed by atoms with Crippen molar-refractivity contribution >= 4 is 46.6 Å². The summed E-state index contributed by atoms with van der Waals surface area (Å²) in [4.78, 5) is 12.4. The quantitative estimate of drug-likeness (QED) is 0.520. The third-order valence-corrected chi connectivity index (χ3v) is 6.02. The molecular weight excluding hydrogens is 435 g/mol. The first-order valence-electron chi connectivity index (χ1n) is 9.07. The number of carbonyl (C=O) groups is 1. The van der Waals surface area contributed by atoms with Gasteiger partial charge in [-0.1, -0.05) is 41.0 Å². The number of hydrogen-bond acceptors (Lipinski definition) is 6. The number of benzene rings is 1. The van der Waals surface area contributed by atoms with E-state index in [4.69, 9.17) is 32.4 Å². The molecule has 0 aliphatic carbocycles. The van der Waals surface area contributed by atoms with E-state index < -0.39 is 0 Å². The Hall–Kier alpha value is -2.00. The number of para-hydroxylation sites is 1. The van der Waals surface area contributed by atoms with Crippen molar-refractivity contribution in [3.05, 3.63) is 46.6 Å². The molecule has 2 aromatic heterocycles. The number of nitrogens with zero attached hydrogens (tertiary/aromatic N) is 3. The summed E-state index contributed by atoms with van der Waals surface area (Å²) in [7, 11) is 0. The van der Waals surface area contributed by atoms with Crippen LogP contribution in [0.5, 0.6) is 0 Å². The summed E-state index contributed by atoms with van der Waals surface area (Å²) in [6, 6.07) is 8.69. The van der Waals surface area contributed by atoms with Crippen molar-refractivity contribution in [2.45, 2.75) is 30.6 Å². The van der Waals surface area contributed by atoms with Crippen LogP contribution in [0.3, 0.4) is 0 Å². The lowest BCUT2D eigenvalue weighted by Gasteiger charge is -2.14. The van der Waals surface area contributed by atoms with Crippen LogP contribution in [0.15, 0.2) is 46.2 Å². The van der Waals surface area contributed by atoms with Gasteiger partial charge in [-0.3, -0.25) is 9.36 Å². The van der Waals surface area contributed by atoms with Crippen LogP contribution in [-0.2, 0) is 16.1 Å². The van der Waals surface area contributed by atoms with Gasteiger partial charge in [-0.2, -0.15) is 0 Å². The average molecular weight is 453 g/mol. The second-order valence-electron chi connectivity index (χ2n) is 6.46. The van der Waals surface area contributed by atoms with Crippen LogP contribution in [0.25, 0.3) is 11.6 Å². The number of carbonyl (C=O) groups excluding carboxylic acids is 1. The number of furan rings is 1. The first-order valence-corrected chi connectivity index (χ1v) is 10.8. The van der Waals surface area contributed by atoms with Gasteiger partial charge < -0.3 is 14.5 Å². The van der Waals surface area contributed by atoms with Crippen LogP contribution in [0.1, 0.15) is 12.8 Å². The third-order valence-electron chi connectivity index (χ3n) is 4.43. The van der Waals surface area contributed by atoms with E-state index in [2.05, 4.69) is 15.5 Å². The first-order chi connectivity index (χ1) is 14.1. The van der Waals surface area contributed by atoms with Crippen LogP contribution < -0.4 is 5.32 Å². The highest BCUT2D eigenvalue weighted by molar-refractivity contribution is 7.99. The Bertz CT molecular complexity index is 967. The second kappa shape index (κ2) is 9.21. The predicted octanol–water partition coefficient (Wildman–Crippen LogP) is 4.75. The van der Waals surface area contributed by atoms with Gasteiger partial charge in [0.05, 0.1) is 40.4 Å². The maximum Gasteiger partial charge on any atom is 0.234 e. The van der Waals surface area contributed by atoms with Gasteiger partial charge in [0.2, 0.25) is 11.7 Å². The topological polar surface area (TPSA) is 82.2 Å². The Morgan fingerprint density at radius 3 is 2.76 bits per heavy atom. The van der Waals surface area contributed by atoms with Crippen LogP contribution >= 0.6 is 35.0 Å². The summed E-state index contributed by atoms with van der Waals surface area (Å²) < 4.78 is 13.2. The summed E-state index contributed by atoms with van der Waals surface area (Å²) >= 11 is 13.5. The minimum absolute atomic E-state index is 0.0924. The summed E-state index contributed by atoms with van der Waals surface area (Å²) in [6.45, 7) is 1.36. The molecule has 29 heavy (non-hydrogen) atoms. The van der Waals surface area contributed by atoms with Crippen molar-refractivity contribution in [2.75, 3.05) is 17.7 Å². The average Bonchev–Trinajstić information content (AvgIpc) is 3.46. The van der Waals surface area contributed by atoms with E-state index in [-0.39, 0.29) is 17.8 Å². The van der Waals surface area contributed by atoms with Gasteiger partial charge in [0, 0.05) is 6.61 Å². The van der Waals surface area contributed by atoms with E-state index in [0.29, 0.717) is 39.0 Å². The van der Waals surface area contributed by atoms with E-state index in [1.165, 1.54) is 11.8 Å². The number of thioether (sulfide) groups is 1. The molecule has 3 heterocycles. The van der Waals surface area contributed by atoms with Crippen molar-refractivity contribution in [3.63, 3.8) is 0 Å². The molecule has 1 N–H and O–H groups in total. The molecule has 1 aliphatic heterocycles. The van der Waals surface area contributed by atoms with Crippen LogP contribution in [0, 0.1) is 0 Å². The number of amides is 1. The van der Waals surface area contributed by atoms with Gasteiger partial charge in [0.15, 0.2) is 10.9 Å². The van der Waals surface area contributed by atoms with Crippen molar-refractivity contribution in [1.82, 2.24) is 14.8 Å². The molecule has 1 fully saturated rings. The van der Waals surface area contributed by atoms with Gasteiger partial charge in [-0.25, -0.2) is 0 Å². The van der Waals surface area contributed by atoms with Crippen molar-refractivity contribution < 1.29 is 13.9 Å². The Labute approximate surface area is 181 Å². The molecule has 0 saturated carbocycles. The largest absolute Gasteiger partial charge is 0.461 e. The molecule has 1 amide bonds. The number of aromatic nitrogens is 3. The molecule has 1 atom stereocenters. The molecule has 0 bridgehead atoms. The highest BCUT2D eigenvalue weighted by atomic mass is 35.5. The predicted molar refractivity (Wildman–Crippen MR) is 113 cm³/mol. The van der Waals surface area contributed by atoms with E-state index in [1.807, 2.05) is 10.6 Å². The molecular formula is C19H18Cl2N4O3S. The van der Waals surface area contributed by atoms with Gasteiger partial charge in [-0.15, -0.1) is 10.2 Å². The summed E-state index contributed by atoms with van der Waals surface area (Å²) in [5.74, 6) is 1.12. The standard InChI is InChI=1S/C19H18Cl2N4O3S/c20-13-5-1-6-14(21)17(13)22-16(26)11-29-19-24-23-18(15-7-3-9-28-15)25(19)10-12-4-2-8-27-12/h1,3,5-7,9,12H,2,4,8,10-11H2,(H,22,26). The summed E-state index contributed by atoms with van der Waals surface area (Å²) in [6.07, 6.45) is 3.70. The van der Waals surface area contributed by atoms with Crippen LogP contribution in [0.4, 0.5) is 5.69 Å². The fourth-order valence-electron chi connectivity index (χ4n) is 3.06. The monoisotopic (exact) mass is 452 g/mol. The molecule has 1 unspecified atom stereocenters. The molecule has 7 nitrogen and oxygen atoms in total. The highest BCUT2D eigenvalue weighted by Crippen LogP contribution is 2.31. The van der Waals surface area contributed by atoms with Crippen LogP contribution in [-0.4, -0.2) is 39.1 Å². The first kappa shape index (κ1) is 20.3. The van der Waals surface area contributed by atoms with Gasteiger partial charge in [0.1, 0.15) is 0 Å². The van der Waals surface area contributed by atoms with Gasteiger partial charge >= 0.3 is 0 Å². The molecule has 152 valence electrons. The fraction of sp³-hybridized carbons (Fsp3) is 0.316. The number of ether oxygens (including phenoxy) is 1. The van der Waals surface area contributed by atoms with Gasteiger partial charge in [-0.05, 0) is 37.1 Å². The molecule has 0 spiro atoms. The Morgan fingerprint density at radius 2 is 2.07 bits per heavy atom. The van der Waals surface area contributed by atoms with Crippen molar-refractivity contribution in [2.24, 2.45) is 0 Å². The lowest BCUT2D eigenvalue weighted by molar-refractivity contribution is -0.113. The molecule has 3 aromatic rings. The second-order valence-corrected chi connectivity index (χ2v) is 8.22. The SMILES string of the molecule is O=C(CSc1nnc(-c2ccco2)n1CC1CCCO1)Nc1c(Cl)cccc1Cl. The number of rotatable bonds is 7. The zero-order chi connectivity index (χ0) is 20.2. The van der Waals surface area contributed by atoms with E-state index >= 15 is 0 Å². The zero-order valence-electron chi connectivity index (χ0n) is 15.3. The van der Waals surface area contributed by atoms with E-state index in [0.717, 1.165) is 19.4 Å². The molecule has 10 heteroatoms. The molecule has 1 aromatic carbocycles. The van der Waals surface area contributed by atoms with Crippen molar-refractivity contribution in [3.8, 4) is 11.6 Å². The highest BCUT2D eigenvalue weighted by Gasteiger charge is 2.23. The number of halogens is 2. The Balaban J connectivity index is 1.48. The maximum absolute atomic E-state index is 12.4. The van der Waals surface area contributed by atoms with E-state index in [1.54, 1.807) is 30.5 Å². The molecule has 4 rings (SSSR count). The zero-order valence-corrected chi connectivity index (χ0v) is 17.6. The minimum Gasteiger partial charge on any atom is -0.461 e. The Kier molecular flexibility index (Phi) is 6.44. The molecule has 1 saturated heterocycles. The smallest absolute Gasteiger partial charge is 0.234 e. The number of hydrogen-bond donors (Lipinski definition) is 1. The lowest BCUT2D eigenvalue weighted by Crippen LogP contribution is -2.18. The Morgan fingerprint density at radius 1 is 1.24 bits per heavy atom. The van der Waals surface area contributed by atoms with Crippen LogP contribution in [0.2, 0.25) is 10.0 Å². The van der Waals surface area contributed by atoms with Crippen molar-refractivity contribution in [1.29, 1.82) is 0 Å². The minimum atomic E-state index is -0.240. The normalized spacial score (nSPS) is 16.3. The molecule has 1 aliphatic rings. The summed E-state index contributed by atoms with van der Waals surface area (Å²) in [5, 5.41) is 12.7. The summed E-state index contributed by atoms with van der Waals surface area (Å²) in [5.41, 5.74) is 0.401. The maximum atomic E-state index is 12.4. The van der Waals surface area contributed by atoms with Gasteiger partial charge in [0.25, 0.3) is 0 Å². The lowest BCUT2D eigenvalue weighted by atomic mass is 10.2. The number of nitrogens with one attached hydrogen (secondary N) is 1. The van der Waals surface area contributed by atoms with E-state index in [9.17, 15) is 4.79 Å². The number of anilines is 1. The third kappa shape index (κ3) is 4.78. The molecule has 0 radical (unpaired) electrons.